The normalized spacial score (nSPS) is 50.6. The molecule has 0 saturated heterocycles. The van der Waals surface area contributed by atoms with E-state index >= 15 is 0 Å². The number of hydrogen-bond acceptors (Lipinski definition) is 3. The Labute approximate surface area is 144 Å². The topological polar surface area (TPSA) is 54.4 Å². The van der Waals surface area contributed by atoms with E-state index < -0.39 is 0 Å². The molecular weight excluding hydrogens is 300 g/mol. The third-order valence-corrected chi connectivity index (χ3v) is 8.38. The lowest BCUT2D eigenvalue weighted by Crippen LogP contribution is -2.56. The molecule has 4 rings (SSSR count). The molecule has 7 atom stereocenters. The third-order valence-electron chi connectivity index (χ3n) is 8.38. The molecular formula is C21H30O3. The zero-order valence-electron chi connectivity index (χ0n) is 15.2. The van der Waals surface area contributed by atoms with Gasteiger partial charge in [0.05, 0.1) is 6.10 Å². The minimum absolute atomic E-state index is 0.0219. The molecule has 0 radical (unpaired) electrons. The number of aliphatic hydroxyl groups is 1. The van der Waals surface area contributed by atoms with E-state index in [2.05, 4.69) is 13.8 Å². The first-order valence-corrected chi connectivity index (χ1v) is 9.70. The summed E-state index contributed by atoms with van der Waals surface area (Å²) in [6, 6.07) is 0. The van der Waals surface area contributed by atoms with Crippen molar-refractivity contribution >= 4 is 11.6 Å². The highest BCUT2D eigenvalue weighted by Crippen LogP contribution is 2.66. The molecule has 0 aromatic heterocycles. The first kappa shape index (κ1) is 16.5. The van der Waals surface area contributed by atoms with E-state index in [4.69, 9.17) is 0 Å². The Morgan fingerprint density at radius 2 is 1.96 bits per heavy atom. The van der Waals surface area contributed by atoms with Gasteiger partial charge in [0, 0.05) is 12.3 Å². The molecule has 132 valence electrons. The average molecular weight is 330 g/mol. The fraction of sp³-hybridized carbons (Fsp3) is 0.810. The van der Waals surface area contributed by atoms with Gasteiger partial charge in [0.25, 0.3) is 0 Å². The number of aliphatic hydroxyl groups excluding tert-OH is 1. The van der Waals surface area contributed by atoms with E-state index in [0.29, 0.717) is 24.0 Å². The third kappa shape index (κ3) is 2.06. The smallest absolute Gasteiger partial charge is 0.155 e. The zero-order valence-corrected chi connectivity index (χ0v) is 15.2. The van der Waals surface area contributed by atoms with Crippen LogP contribution in [0.5, 0.6) is 0 Å². The lowest BCUT2D eigenvalue weighted by atomic mass is 9.46. The molecule has 1 N–H and O–H groups in total. The lowest BCUT2D eigenvalue weighted by molar-refractivity contribution is -0.143. The van der Waals surface area contributed by atoms with E-state index in [9.17, 15) is 14.7 Å². The van der Waals surface area contributed by atoms with Crippen molar-refractivity contribution in [3.63, 3.8) is 0 Å². The van der Waals surface area contributed by atoms with Gasteiger partial charge in [-0.25, -0.2) is 0 Å². The molecule has 0 aromatic rings. The quantitative estimate of drug-likeness (QED) is 0.797. The van der Waals surface area contributed by atoms with E-state index in [1.807, 2.05) is 6.08 Å². The number of hydrogen-bond donors (Lipinski definition) is 1. The summed E-state index contributed by atoms with van der Waals surface area (Å²) in [6.07, 6.45) is 7.97. The maximum Gasteiger partial charge on any atom is 0.155 e. The maximum atomic E-state index is 12.2. The van der Waals surface area contributed by atoms with Crippen LogP contribution < -0.4 is 0 Å². The first-order chi connectivity index (χ1) is 11.3. The molecule has 3 heteroatoms. The van der Waals surface area contributed by atoms with Gasteiger partial charge in [-0.3, -0.25) is 9.59 Å². The van der Waals surface area contributed by atoms with E-state index in [1.54, 1.807) is 6.92 Å². The molecule has 0 bridgehead atoms. The van der Waals surface area contributed by atoms with Crippen LogP contribution in [0, 0.1) is 34.5 Å². The molecule has 3 nitrogen and oxygen atoms in total. The summed E-state index contributed by atoms with van der Waals surface area (Å²) < 4.78 is 0. The van der Waals surface area contributed by atoms with Crippen molar-refractivity contribution in [3.05, 3.63) is 11.6 Å². The predicted octanol–water partition coefficient (Wildman–Crippen LogP) is 3.69. The Bertz CT molecular complexity index is 621. The molecule has 24 heavy (non-hydrogen) atoms. The molecule has 0 heterocycles. The van der Waals surface area contributed by atoms with E-state index in [-0.39, 0.29) is 34.6 Å². The summed E-state index contributed by atoms with van der Waals surface area (Å²) in [4.78, 5) is 24.0. The fourth-order valence-corrected chi connectivity index (χ4v) is 7.35. The van der Waals surface area contributed by atoms with Crippen LogP contribution in [-0.4, -0.2) is 22.8 Å². The Kier molecular flexibility index (Phi) is 3.62. The number of rotatable bonds is 1. The minimum Gasteiger partial charge on any atom is -0.393 e. The Hall–Kier alpha value is -0.960. The van der Waals surface area contributed by atoms with Gasteiger partial charge in [0.15, 0.2) is 5.78 Å². The Balaban J connectivity index is 1.72. The lowest BCUT2D eigenvalue weighted by Gasteiger charge is -2.59. The Morgan fingerprint density at radius 1 is 1.21 bits per heavy atom. The number of fused-ring (bicyclic) bond motifs is 5. The van der Waals surface area contributed by atoms with Gasteiger partial charge in [-0.2, -0.15) is 0 Å². The van der Waals surface area contributed by atoms with Gasteiger partial charge in [-0.15, -0.1) is 0 Å². The first-order valence-electron chi connectivity index (χ1n) is 9.70. The van der Waals surface area contributed by atoms with Crippen molar-refractivity contribution in [2.24, 2.45) is 34.5 Å². The van der Waals surface area contributed by atoms with Crippen LogP contribution in [0.15, 0.2) is 11.6 Å². The molecule has 0 unspecified atom stereocenters. The predicted molar refractivity (Wildman–Crippen MR) is 92.3 cm³/mol. The van der Waals surface area contributed by atoms with Crippen molar-refractivity contribution in [1.29, 1.82) is 0 Å². The van der Waals surface area contributed by atoms with Crippen molar-refractivity contribution < 1.29 is 14.7 Å². The molecule has 0 aliphatic heterocycles. The molecule has 3 saturated carbocycles. The van der Waals surface area contributed by atoms with Crippen LogP contribution >= 0.6 is 0 Å². The van der Waals surface area contributed by atoms with Crippen molar-refractivity contribution in [2.75, 3.05) is 0 Å². The van der Waals surface area contributed by atoms with Crippen LogP contribution in [0.1, 0.15) is 65.7 Å². The second kappa shape index (κ2) is 5.27. The second-order valence-corrected chi connectivity index (χ2v) is 9.41. The molecule has 0 aromatic carbocycles. The summed E-state index contributed by atoms with van der Waals surface area (Å²) in [7, 11) is 0. The second-order valence-electron chi connectivity index (χ2n) is 9.41. The van der Waals surface area contributed by atoms with Gasteiger partial charge in [0.2, 0.25) is 0 Å². The van der Waals surface area contributed by atoms with Crippen molar-refractivity contribution in [3.8, 4) is 0 Å². The summed E-state index contributed by atoms with van der Waals surface area (Å²) in [6.45, 7) is 6.27. The number of allylic oxidation sites excluding steroid dienone is 1. The van der Waals surface area contributed by atoms with Gasteiger partial charge in [-0.1, -0.05) is 19.4 Å². The van der Waals surface area contributed by atoms with Gasteiger partial charge in [-0.05, 0) is 80.1 Å². The summed E-state index contributed by atoms with van der Waals surface area (Å²) in [5.74, 6) is 1.99. The van der Waals surface area contributed by atoms with Crippen molar-refractivity contribution in [1.82, 2.24) is 0 Å². The van der Waals surface area contributed by atoms with Crippen LogP contribution in [0.2, 0.25) is 0 Å². The molecule has 4 aliphatic rings. The van der Waals surface area contributed by atoms with E-state index in [1.165, 1.54) is 5.57 Å². The van der Waals surface area contributed by atoms with Crippen LogP contribution in [0.25, 0.3) is 0 Å². The summed E-state index contributed by atoms with van der Waals surface area (Å²) >= 11 is 0. The minimum atomic E-state index is -0.349. The molecule has 0 amide bonds. The summed E-state index contributed by atoms with van der Waals surface area (Å²) in [5, 5.41) is 11.2. The SMILES string of the molecule is CC(=O)[C@@H]1CC[C@@H]2[C@H]3CCC4=CC(=O)CC[C@@]4(C)[C@@H]3[C@@H](O)C[C@]21C. The highest BCUT2D eigenvalue weighted by molar-refractivity contribution is 5.91. The Morgan fingerprint density at radius 3 is 2.67 bits per heavy atom. The highest BCUT2D eigenvalue weighted by atomic mass is 16.3. The van der Waals surface area contributed by atoms with Crippen LogP contribution in [0.3, 0.4) is 0 Å². The number of carbonyl (C=O) groups is 2. The summed E-state index contributed by atoms with van der Waals surface area (Å²) in [5.41, 5.74) is 1.23. The van der Waals surface area contributed by atoms with E-state index in [0.717, 1.165) is 38.5 Å². The average Bonchev–Trinajstić information content (AvgIpc) is 2.84. The van der Waals surface area contributed by atoms with Crippen molar-refractivity contribution in [2.45, 2.75) is 71.8 Å². The molecule has 0 spiro atoms. The highest BCUT2D eigenvalue weighted by Gasteiger charge is 2.62. The number of Topliss-reactive ketones (excluding diaryl/α,β-unsaturated/α-hetero) is 1. The fourth-order valence-electron chi connectivity index (χ4n) is 7.35. The van der Waals surface area contributed by atoms with Gasteiger partial charge >= 0.3 is 0 Å². The van der Waals surface area contributed by atoms with Crippen LogP contribution in [-0.2, 0) is 9.59 Å². The van der Waals surface area contributed by atoms with Crippen LogP contribution in [0.4, 0.5) is 0 Å². The number of ketones is 2. The van der Waals surface area contributed by atoms with Gasteiger partial charge < -0.3 is 5.11 Å². The maximum absolute atomic E-state index is 12.2. The monoisotopic (exact) mass is 330 g/mol. The standard InChI is InChI=1S/C21H30O3/c1-12(22)16-6-7-17-15-5-4-13-10-14(23)8-9-20(13,2)19(15)18(24)11-21(16,17)3/h10,15-19,24H,4-9,11H2,1-3H3/t15-,16+,17-,18+,19+,20-,21+/m1/s1. The zero-order chi connectivity index (χ0) is 17.3. The van der Waals surface area contributed by atoms with Gasteiger partial charge in [0.1, 0.15) is 5.78 Å². The number of carbonyl (C=O) groups excluding carboxylic acids is 2. The largest absolute Gasteiger partial charge is 0.393 e. The molecule has 4 aliphatic carbocycles. The molecule has 3 fully saturated rings.